The van der Waals surface area contributed by atoms with Crippen LogP contribution in [0.15, 0.2) is 24.3 Å². The zero-order valence-corrected chi connectivity index (χ0v) is 9.78. The standard InChI is InChI=1S/C13H18O2/c1-9(2)13(10(3)14)11-7-5-6-8-12(11)15-4/h5-9,13H,1-4H3. The second kappa shape index (κ2) is 4.96. The first-order valence-electron chi connectivity index (χ1n) is 5.21. The van der Waals surface area contributed by atoms with E-state index >= 15 is 0 Å². The lowest BCUT2D eigenvalue weighted by atomic mass is 9.85. The number of hydrogen-bond donors (Lipinski definition) is 0. The summed E-state index contributed by atoms with van der Waals surface area (Å²) in [5, 5.41) is 0. The molecule has 15 heavy (non-hydrogen) atoms. The number of rotatable bonds is 4. The van der Waals surface area contributed by atoms with E-state index in [9.17, 15) is 4.79 Å². The van der Waals surface area contributed by atoms with Gasteiger partial charge in [-0.25, -0.2) is 0 Å². The topological polar surface area (TPSA) is 26.3 Å². The molecule has 0 spiro atoms. The number of carbonyl (C=O) groups excluding carboxylic acids is 1. The van der Waals surface area contributed by atoms with Gasteiger partial charge in [0.1, 0.15) is 11.5 Å². The highest BCUT2D eigenvalue weighted by Gasteiger charge is 2.23. The molecule has 0 radical (unpaired) electrons. The molecule has 82 valence electrons. The van der Waals surface area contributed by atoms with Crippen LogP contribution in [0.3, 0.4) is 0 Å². The van der Waals surface area contributed by atoms with Crippen LogP contribution < -0.4 is 4.74 Å². The molecule has 2 nitrogen and oxygen atoms in total. The average molecular weight is 206 g/mol. The van der Waals surface area contributed by atoms with Gasteiger partial charge < -0.3 is 4.74 Å². The third-order valence-electron chi connectivity index (χ3n) is 2.58. The van der Waals surface area contributed by atoms with E-state index in [4.69, 9.17) is 4.74 Å². The summed E-state index contributed by atoms with van der Waals surface area (Å²) in [5.41, 5.74) is 0.988. The van der Waals surface area contributed by atoms with Gasteiger partial charge in [0.15, 0.2) is 0 Å². The predicted octanol–water partition coefficient (Wildman–Crippen LogP) is 3.02. The number of ether oxygens (including phenoxy) is 1. The van der Waals surface area contributed by atoms with Gasteiger partial charge in [0, 0.05) is 11.5 Å². The molecule has 1 rings (SSSR count). The SMILES string of the molecule is COc1ccccc1C(C(C)=O)C(C)C. The smallest absolute Gasteiger partial charge is 0.137 e. The van der Waals surface area contributed by atoms with Gasteiger partial charge in [-0.1, -0.05) is 32.0 Å². The van der Waals surface area contributed by atoms with Crippen molar-refractivity contribution in [2.75, 3.05) is 7.11 Å². The quantitative estimate of drug-likeness (QED) is 0.757. The molecule has 0 N–H and O–H groups in total. The number of carbonyl (C=O) groups is 1. The molecule has 0 aromatic heterocycles. The van der Waals surface area contributed by atoms with Gasteiger partial charge in [-0.2, -0.15) is 0 Å². The Labute approximate surface area is 91.3 Å². The van der Waals surface area contributed by atoms with E-state index in [1.807, 2.05) is 24.3 Å². The van der Waals surface area contributed by atoms with Crippen LogP contribution >= 0.6 is 0 Å². The lowest BCUT2D eigenvalue weighted by molar-refractivity contribution is -0.119. The van der Waals surface area contributed by atoms with Crippen molar-refractivity contribution in [3.05, 3.63) is 29.8 Å². The van der Waals surface area contributed by atoms with Crippen molar-refractivity contribution >= 4 is 5.78 Å². The van der Waals surface area contributed by atoms with Gasteiger partial charge in [0.25, 0.3) is 0 Å². The van der Waals surface area contributed by atoms with Gasteiger partial charge in [-0.05, 0) is 18.9 Å². The Morgan fingerprint density at radius 1 is 1.27 bits per heavy atom. The Morgan fingerprint density at radius 3 is 2.33 bits per heavy atom. The molecule has 0 amide bonds. The molecule has 0 aliphatic heterocycles. The molecule has 0 aliphatic rings. The fraction of sp³-hybridized carbons (Fsp3) is 0.462. The summed E-state index contributed by atoms with van der Waals surface area (Å²) in [4.78, 5) is 11.6. The minimum absolute atomic E-state index is 0.0684. The molecule has 0 bridgehead atoms. The number of hydrogen-bond acceptors (Lipinski definition) is 2. The Morgan fingerprint density at radius 2 is 1.87 bits per heavy atom. The molecular formula is C13H18O2. The first kappa shape index (κ1) is 11.8. The van der Waals surface area contributed by atoms with E-state index < -0.39 is 0 Å². The van der Waals surface area contributed by atoms with E-state index in [0.29, 0.717) is 5.92 Å². The van der Waals surface area contributed by atoms with Crippen LogP contribution in [-0.4, -0.2) is 12.9 Å². The van der Waals surface area contributed by atoms with Crippen molar-refractivity contribution in [1.29, 1.82) is 0 Å². The first-order chi connectivity index (χ1) is 7.07. The van der Waals surface area contributed by atoms with Crippen molar-refractivity contribution in [3.63, 3.8) is 0 Å². The van der Waals surface area contributed by atoms with Crippen LogP contribution in [0, 0.1) is 5.92 Å². The number of Topliss-reactive ketones (excluding diaryl/α,β-unsaturated/α-hetero) is 1. The summed E-state index contributed by atoms with van der Waals surface area (Å²) < 4.78 is 5.27. The van der Waals surface area contributed by atoms with E-state index in [2.05, 4.69) is 13.8 Å². The van der Waals surface area contributed by atoms with E-state index in [1.165, 1.54) is 0 Å². The summed E-state index contributed by atoms with van der Waals surface area (Å²) in [6.07, 6.45) is 0. The lowest BCUT2D eigenvalue weighted by Crippen LogP contribution is -2.16. The predicted molar refractivity (Wildman–Crippen MR) is 61.3 cm³/mol. The molecule has 1 unspecified atom stereocenters. The minimum atomic E-state index is -0.0684. The lowest BCUT2D eigenvalue weighted by Gasteiger charge is -2.20. The molecule has 1 aromatic rings. The highest BCUT2D eigenvalue weighted by Crippen LogP contribution is 2.32. The first-order valence-corrected chi connectivity index (χ1v) is 5.21. The third-order valence-corrected chi connectivity index (χ3v) is 2.58. The highest BCUT2D eigenvalue weighted by atomic mass is 16.5. The van der Waals surface area contributed by atoms with Crippen LogP contribution in [0.1, 0.15) is 32.3 Å². The summed E-state index contributed by atoms with van der Waals surface area (Å²) in [7, 11) is 1.64. The average Bonchev–Trinajstić information content (AvgIpc) is 2.17. The van der Waals surface area contributed by atoms with E-state index in [1.54, 1.807) is 14.0 Å². The largest absolute Gasteiger partial charge is 0.496 e. The fourth-order valence-electron chi connectivity index (χ4n) is 1.97. The second-order valence-electron chi connectivity index (χ2n) is 4.07. The van der Waals surface area contributed by atoms with Crippen molar-refractivity contribution in [2.45, 2.75) is 26.7 Å². The maximum atomic E-state index is 11.6. The number of ketones is 1. The van der Waals surface area contributed by atoms with Crippen molar-refractivity contribution in [2.24, 2.45) is 5.92 Å². The summed E-state index contributed by atoms with van der Waals surface area (Å²) in [5.74, 6) is 1.21. The van der Waals surface area contributed by atoms with Crippen LogP contribution in [0.4, 0.5) is 0 Å². The van der Waals surface area contributed by atoms with Crippen LogP contribution in [0.25, 0.3) is 0 Å². The molecule has 0 saturated carbocycles. The Balaban J connectivity index is 3.16. The third kappa shape index (κ3) is 2.58. The van der Waals surface area contributed by atoms with Crippen molar-refractivity contribution in [1.82, 2.24) is 0 Å². The normalized spacial score (nSPS) is 12.6. The summed E-state index contributed by atoms with van der Waals surface area (Å²) >= 11 is 0. The number of methoxy groups -OCH3 is 1. The zero-order valence-electron chi connectivity index (χ0n) is 9.78. The Hall–Kier alpha value is -1.31. The van der Waals surface area contributed by atoms with E-state index in [0.717, 1.165) is 11.3 Å². The maximum absolute atomic E-state index is 11.6. The molecule has 2 heteroatoms. The number of para-hydroxylation sites is 1. The number of benzene rings is 1. The summed E-state index contributed by atoms with van der Waals surface area (Å²) in [6.45, 7) is 5.74. The molecule has 0 heterocycles. The van der Waals surface area contributed by atoms with Gasteiger partial charge >= 0.3 is 0 Å². The molecule has 1 aromatic carbocycles. The molecule has 1 atom stereocenters. The van der Waals surface area contributed by atoms with Gasteiger partial charge in [0.05, 0.1) is 7.11 Å². The van der Waals surface area contributed by atoms with Gasteiger partial charge in [0.2, 0.25) is 0 Å². The fourth-order valence-corrected chi connectivity index (χ4v) is 1.97. The zero-order chi connectivity index (χ0) is 11.4. The van der Waals surface area contributed by atoms with Crippen LogP contribution in [-0.2, 0) is 4.79 Å². The molecular weight excluding hydrogens is 188 g/mol. The monoisotopic (exact) mass is 206 g/mol. The van der Waals surface area contributed by atoms with Crippen molar-refractivity contribution < 1.29 is 9.53 Å². The summed E-state index contributed by atoms with van der Waals surface area (Å²) in [6, 6.07) is 7.72. The minimum Gasteiger partial charge on any atom is -0.496 e. The second-order valence-corrected chi connectivity index (χ2v) is 4.07. The van der Waals surface area contributed by atoms with Crippen LogP contribution in [0.5, 0.6) is 5.75 Å². The maximum Gasteiger partial charge on any atom is 0.137 e. The molecule has 0 saturated heterocycles. The van der Waals surface area contributed by atoms with E-state index in [-0.39, 0.29) is 11.7 Å². The Bertz CT molecular complexity index is 342. The highest BCUT2D eigenvalue weighted by molar-refractivity contribution is 5.84. The molecule has 0 fully saturated rings. The van der Waals surface area contributed by atoms with Gasteiger partial charge in [-0.3, -0.25) is 4.79 Å². The Kier molecular flexibility index (Phi) is 3.89. The van der Waals surface area contributed by atoms with Crippen LogP contribution in [0.2, 0.25) is 0 Å². The van der Waals surface area contributed by atoms with Gasteiger partial charge in [-0.15, -0.1) is 0 Å². The van der Waals surface area contributed by atoms with Crippen molar-refractivity contribution in [3.8, 4) is 5.75 Å². The molecule has 0 aliphatic carbocycles.